The van der Waals surface area contributed by atoms with Gasteiger partial charge in [-0.3, -0.25) is 14.4 Å². The summed E-state index contributed by atoms with van der Waals surface area (Å²) in [5.74, 6) is -7.89. The van der Waals surface area contributed by atoms with E-state index in [2.05, 4.69) is 4.74 Å². The van der Waals surface area contributed by atoms with Gasteiger partial charge in [0.05, 0.1) is 0 Å². The molecule has 0 aromatic heterocycles. The van der Waals surface area contributed by atoms with Gasteiger partial charge in [0.25, 0.3) is 11.7 Å². The fourth-order valence-corrected chi connectivity index (χ4v) is 0.978. The Morgan fingerprint density at radius 1 is 1.62 bits per heavy atom. The lowest BCUT2D eigenvalue weighted by molar-refractivity contribution is -0.193. The van der Waals surface area contributed by atoms with Crippen LogP contribution in [0.25, 0.3) is 0 Å². The van der Waals surface area contributed by atoms with Gasteiger partial charge >= 0.3 is 11.9 Å². The Labute approximate surface area is 72.1 Å². The van der Waals surface area contributed by atoms with E-state index in [1.807, 2.05) is 0 Å². The van der Waals surface area contributed by atoms with E-state index in [9.17, 15) is 19.5 Å². The number of cyclic esters (lactones) is 1. The number of nitrogens with two attached hydrogens (primary N) is 1. The molecule has 1 aliphatic rings. The Kier molecular flexibility index (Phi) is 1.96. The number of carboxylic acid groups (broad SMARTS) is 1. The van der Waals surface area contributed by atoms with Crippen LogP contribution in [0.2, 0.25) is 0 Å². The van der Waals surface area contributed by atoms with E-state index in [1.54, 1.807) is 0 Å². The van der Waals surface area contributed by atoms with Crippen LogP contribution in [0.1, 0.15) is 6.42 Å². The number of ether oxygens (including phenoxy) is 1. The van der Waals surface area contributed by atoms with Crippen LogP contribution in [0.3, 0.4) is 0 Å². The Morgan fingerprint density at radius 2 is 2.15 bits per heavy atom. The van der Waals surface area contributed by atoms with E-state index in [0.717, 1.165) is 0 Å². The maximum Gasteiger partial charge on any atom is 0.323 e. The maximum absolute atomic E-state index is 10.8. The normalized spacial score (nSPS) is 32.7. The molecule has 1 aliphatic heterocycles. The predicted octanol–water partition coefficient (Wildman–Crippen LogP) is -2.19. The first kappa shape index (κ1) is 9.46. The van der Waals surface area contributed by atoms with Crippen molar-refractivity contribution in [2.45, 2.75) is 12.2 Å². The van der Waals surface area contributed by atoms with E-state index < -0.39 is 36.0 Å². The van der Waals surface area contributed by atoms with Crippen molar-refractivity contribution in [3.05, 3.63) is 0 Å². The van der Waals surface area contributed by atoms with Crippen molar-refractivity contribution in [2.75, 3.05) is 0 Å². The highest BCUT2D eigenvalue weighted by molar-refractivity contribution is 5.99. The van der Waals surface area contributed by atoms with Gasteiger partial charge in [-0.2, -0.15) is 0 Å². The molecule has 4 N–H and O–H groups in total. The number of carbonyl (C=O) groups is 3. The third-order valence-corrected chi connectivity index (χ3v) is 1.72. The van der Waals surface area contributed by atoms with Gasteiger partial charge < -0.3 is 20.7 Å². The molecule has 0 aromatic rings. The second-order valence-corrected chi connectivity index (χ2v) is 2.66. The van der Waals surface area contributed by atoms with Crippen LogP contribution in [0.5, 0.6) is 0 Å². The zero-order chi connectivity index (χ0) is 10.2. The van der Waals surface area contributed by atoms with Gasteiger partial charge in [-0.05, 0) is 0 Å². The highest BCUT2D eigenvalue weighted by Crippen LogP contribution is 2.28. The molecule has 1 saturated heterocycles. The van der Waals surface area contributed by atoms with Crippen LogP contribution >= 0.6 is 0 Å². The third kappa shape index (κ3) is 1.45. The topological polar surface area (TPSA) is 127 Å². The first-order valence-electron chi connectivity index (χ1n) is 3.35. The van der Waals surface area contributed by atoms with Crippen LogP contribution < -0.4 is 5.73 Å². The number of esters is 1. The molecule has 0 bridgehead atoms. The minimum atomic E-state index is -2.47. The predicted molar refractivity (Wildman–Crippen MR) is 36.0 cm³/mol. The number of hydrogen-bond acceptors (Lipinski definition) is 5. The molecule has 0 radical (unpaired) electrons. The van der Waals surface area contributed by atoms with Crippen molar-refractivity contribution in [1.82, 2.24) is 0 Å². The lowest BCUT2D eigenvalue weighted by Gasteiger charge is -2.14. The maximum atomic E-state index is 10.8. The molecule has 0 aliphatic carbocycles. The van der Waals surface area contributed by atoms with E-state index in [-0.39, 0.29) is 0 Å². The molecule has 0 saturated carbocycles. The molecule has 7 heteroatoms. The van der Waals surface area contributed by atoms with E-state index in [0.29, 0.717) is 0 Å². The van der Waals surface area contributed by atoms with Crippen LogP contribution in [-0.2, 0) is 19.1 Å². The van der Waals surface area contributed by atoms with Crippen LogP contribution in [0.15, 0.2) is 0 Å². The summed E-state index contributed by atoms with van der Waals surface area (Å²) >= 11 is 0. The molecular formula is C6H7NO6. The van der Waals surface area contributed by atoms with E-state index in [1.165, 1.54) is 0 Å². The number of hydrogen-bond donors (Lipinski definition) is 3. The molecule has 7 nitrogen and oxygen atoms in total. The van der Waals surface area contributed by atoms with Gasteiger partial charge in [0.1, 0.15) is 0 Å². The molecular weight excluding hydrogens is 182 g/mol. The molecule has 0 aromatic carbocycles. The number of primary amides is 1. The smallest absolute Gasteiger partial charge is 0.323 e. The van der Waals surface area contributed by atoms with Gasteiger partial charge in [-0.15, -0.1) is 0 Å². The van der Waals surface area contributed by atoms with Crippen molar-refractivity contribution >= 4 is 17.8 Å². The summed E-state index contributed by atoms with van der Waals surface area (Å²) in [6.07, 6.45) is -0.642. The molecule has 1 heterocycles. The standard InChI is InChI=1S/C6H7NO6/c7-5(11)6(12)1-2(3(8)9)4(10)13-6/h2,12H,1H2,(H2,7,11)(H,8,9). The summed E-state index contributed by atoms with van der Waals surface area (Å²) < 4.78 is 4.15. The van der Waals surface area contributed by atoms with E-state index in [4.69, 9.17) is 10.8 Å². The summed E-state index contributed by atoms with van der Waals surface area (Å²) in [6.45, 7) is 0. The van der Waals surface area contributed by atoms with Crippen molar-refractivity contribution in [1.29, 1.82) is 0 Å². The zero-order valence-electron chi connectivity index (χ0n) is 6.39. The quantitative estimate of drug-likeness (QED) is 0.334. The monoisotopic (exact) mass is 189 g/mol. The number of aliphatic carboxylic acids is 1. The first-order chi connectivity index (χ1) is 5.87. The Bertz CT molecular complexity index is 287. The highest BCUT2D eigenvalue weighted by atomic mass is 16.7. The van der Waals surface area contributed by atoms with Gasteiger partial charge in [-0.1, -0.05) is 0 Å². The molecule has 1 rings (SSSR count). The Morgan fingerprint density at radius 3 is 2.38 bits per heavy atom. The number of aliphatic hydroxyl groups is 1. The first-order valence-corrected chi connectivity index (χ1v) is 3.35. The van der Waals surface area contributed by atoms with Crippen LogP contribution in [0.4, 0.5) is 0 Å². The number of amides is 1. The lowest BCUT2D eigenvalue weighted by atomic mass is 10.0. The van der Waals surface area contributed by atoms with Gasteiger partial charge in [0.15, 0.2) is 5.92 Å². The molecule has 2 unspecified atom stereocenters. The second-order valence-electron chi connectivity index (χ2n) is 2.66. The van der Waals surface area contributed by atoms with Crippen molar-refractivity contribution < 1.29 is 29.3 Å². The summed E-state index contributed by atoms with van der Waals surface area (Å²) in [7, 11) is 0. The minimum absolute atomic E-state index is 0.642. The molecule has 1 amide bonds. The fraction of sp³-hybridized carbons (Fsp3) is 0.500. The summed E-state index contributed by atoms with van der Waals surface area (Å²) in [4.78, 5) is 31.7. The number of carboxylic acids is 1. The second kappa shape index (κ2) is 2.70. The summed E-state index contributed by atoms with van der Waals surface area (Å²) in [6, 6.07) is 0. The summed E-state index contributed by atoms with van der Waals surface area (Å²) in [5.41, 5.74) is 4.70. The van der Waals surface area contributed by atoms with Crippen LogP contribution in [0, 0.1) is 5.92 Å². The largest absolute Gasteiger partial charge is 0.481 e. The minimum Gasteiger partial charge on any atom is -0.481 e. The summed E-state index contributed by atoms with van der Waals surface area (Å²) in [5, 5.41) is 17.6. The third-order valence-electron chi connectivity index (χ3n) is 1.72. The van der Waals surface area contributed by atoms with Gasteiger partial charge in [0, 0.05) is 6.42 Å². The fourth-order valence-electron chi connectivity index (χ4n) is 0.978. The van der Waals surface area contributed by atoms with E-state index >= 15 is 0 Å². The number of carbonyl (C=O) groups excluding carboxylic acids is 2. The average molecular weight is 189 g/mol. The Balaban J connectivity index is 2.87. The van der Waals surface area contributed by atoms with Gasteiger partial charge in [0.2, 0.25) is 0 Å². The average Bonchev–Trinajstić information content (AvgIpc) is 2.28. The molecule has 0 spiro atoms. The molecule has 1 fully saturated rings. The SMILES string of the molecule is NC(=O)C1(O)CC(C(=O)O)C(=O)O1. The molecule has 2 atom stereocenters. The van der Waals surface area contributed by atoms with Crippen molar-refractivity contribution in [2.24, 2.45) is 11.7 Å². The Hall–Kier alpha value is -1.63. The number of rotatable bonds is 2. The zero-order valence-corrected chi connectivity index (χ0v) is 6.39. The highest BCUT2D eigenvalue weighted by Gasteiger charge is 2.53. The van der Waals surface area contributed by atoms with Crippen molar-refractivity contribution in [3.8, 4) is 0 Å². The van der Waals surface area contributed by atoms with Gasteiger partial charge in [-0.25, -0.2) is 0 Å². The molecule has 72 valence electrons. The van der Waals surface area contributed by atoms with Crippen molar-refractivity contribution in [3.63, 3.8) is 0 Å². The molecule has 13 heavy (non-hydrogen) atoms. The van der Waals surface area contributed by atoms with Crippen LogP contribution in [-0.4, -0.2) is 33.8 Å². The lowest BCUT2D eigenvalue weighted by Crippen LogP contribution is -2.43.